The van der Waals surface area contributed by atoms with Crippen LogP contribution in [-0.4, -0.2) is 56.9 Å². The number of hydrogen-bond acceptors (Lipinski definition) is 5. The molecule has 3 aromatic rings. The van der Waals surface area contributed by atoms with Gasteiger partial charge < -0.3 is 15.0 Å². The number of ether oxygens (including phenoxy) is 1. The van der Waals surface area contributed by atoms with Gasteiger partial charge in [-0.1, -0.05) is 61.2 Å². The van der Waals surface area contributed by atoms with Crippen LogP contribution < -0.4 is 14.4 Å². The molecule has 1 aliphatic rings. The first kappa shape index (κ1) is 32.4. The molecule has 0 heterocycles. The van der Waals surface area contributed by atoms with E-state index in [1.54, 1.807) is 31.2 Å². The van der Waals surface area contributed by atoms with Crippen LogP contribution >= 0.6 is 11.6 Å². The molecule has 1 unspecified atom stereocenters. The second-order valence-electron chi connectivity index (χ2n) is 10.7. The Balaban J connectivity index is 1.64. The smallest absolute Gasteiger partial charge is 0.264 e. The Kier molecular flexibility index (Phi) is 11.5. The quantitative estimate of drug-likeness (QED) is 0.257. The summed E-state index contributed by atoms with van der Waals surface area (Å²) in [5.74, 6) is -0.131. The third kappa shape index (κ3) is 8.74. The molecule has 1 fully saturated rings. The minimum Gasteiger partial charge on any atom is -0.494 e. The average Bonchev–Trinajstić information content (AvgIpc) is 3.01. The molecule has 1 N–H and O–H groups in total. The van der Waals surface area contributed by atoms with E-state index in [2.05, 4.69) is 5.32 Å². The van der Waals surface area contributed by atoms with Gasteiger partial charge in [-0.05, 0) is 87.2 Å². The van der Waals surface area contributed by atoms with Crippen LogP contribution in [0.4, 0.5) is 5.69 Å². The van der Waals surface area contributed by atoms with Crippen LogP contribution in [0.15, 0.2) is 83.8 Å². The summed E-state index contributed by atoms with van der Waals surface area (Å²) in [5, 5.41) is 3.52. The van der Waals surface area contributed by atoms with Crippen molar-refractivity contribution in [3.63, 3.8) is 0 Å². The maximum Gasteiger partial charge on any atom is 0.264 e. The number of sulfonamides is 1. The van der Waals surface area contributed by atoms with Crippen LogP contribution in [0.1, 0.15) is 51.5 Å². The summed E-state index contributed by atoms with van der Waals surface area (Å²) < 4.78 is 34.5. The van der Waals surface area contributed by atoms with Gasteiger partial charge in [-0.2, -0.15) is 0 Å². The Morgan fingerprint density at radius 2 is 1.60 bits per heavy atom. The van der Waals surface area contributed by atoms with Crippen LogP contribution in [-0.2, 0) is 26.0 Å². The highest BCUT2D eigenvalue weighted by molar-refractivity contribution is 7.92. The van der Waals surface area contributed by atoms with Gasteiger partial charge in [-0.15, -0.1) is 0 Å². The van der Waals surface area contributed by atoms with E-state index in [1.807, 2.05) is 37.3 Å². The highest BCUT2D eigenvalue weighted by Gasteiger charge is 2.33. The van der Waals surface area contributed by atoms with Gasteiger partial charge >= 0.3 is 0 Å². The molecule has 4 rings (SSSR count). The molecule has 1 saturated carbocycles. The number of nitrogens with one attached hydrogen (secondary N) is 1. The molecule has 0 saturated heterocycles. The molecule has 8 nitrogen and oxygen atoms in total. The molecule has 1 aliphatic carbocycles. The molecule has 0 radical (unpaired) electrons. The van der Waals surface area contributed by atoms with Crippen molar-refractivity contribution in [3.8, 4) is 5.75 Å². The molecular formula is C33H40ClN3O5S. The maximum atomic E-state index is 14.1. The number of hydrogen-bond donors (Lipinski definition) is 1. The molecule has 0 spiro atoms. The zero-order valence-corrected chi connectivity index (χ0v) is 26.3. The number of carbonyl (C=O) groups excluding carboxylic acids is 2. The third-order valence-electron chi connectivity index (χ3n) is 7.72. The van der Waals surface area contributed by atoms with Gasteiger partial charge in [0.25, 0.3) is 10.0 Å². The van der Waals surface area contributed by atoms with E-state index >= 15 is 0 Å². The van der Waals surface area contributed by atoms with Crippen LogP contribution in [0.3, 0.4) is 0 Å². The van der Waals surface area contributed by atoms with Crippen molar-refractivity contribution < 1.29 is 22.7 Å². The van der Waals surface area contributed by atoms with E-state index in [-0.39, 0.29) is 23.4 Å². The Labute approximate surface area is 260 Å². The second kappa shape index (κ2) is 15.3. The van der Waals surface area contributed by atoms with Crippen molar-refractivity contribution >= 4 is 39.1 Å². The molecule has 10 heteroatoms. The van der Waals surface area contributed by atoms with Crippen molar-refractivity contribution in [1.82, 2.24) is 10.2 Å². The van der Waals surface area contributed by atoms with Crippen molar-refractivity contribution in [2.75, 3.05) is 24.0 Å². The maximum absolute atomic E-state index is 14.1. The van der Waals surface area contributed by atoms with Crippen LogP contribution in [0.2, 0.25) is 5.02 Å². The van der Waals surface area contributed by atoms with Crippen LogP contribution in [0.25, 0.3) is 0 Å². The Morgan fingerprint density at radius 3 is 2.23 bits per heavy atom. The lowest BCUT2D eigenvalue weighted by atomic mass is 9.95. The lowest BCUT2D eigenvalue weighted by Crippen LogP contribution is -2.53. The summed E-state index contributed by atoms with van der Waals surface area (Å²) in [6, 6.07) is 21.4. The number of nitrogens with zero attached hydrogens (tertiary/aromatic N) is 2. The lowest BCUT2D eigenvalue weighted by molar-refractivity contribution is -0.139. The summed E-state index contributed by atoms with van der Waals surface area (Å²) in [5.41, 5.74) is 1.31. The minimum absolute atomic E-state index is 0.00231. The highest BCUT2D eigenvalue weighted by atomic mass is 35.5. The van der Waals surface area contributed by atoms with Crippen LogP contribution in [0, 0.1) is 0 Å². The van der Waals surface area contributed by atoms with Crippen molar-refractivity contribution in [2.45, 2.75) is 69.4 Å². The predicted molar refractivity (Wildman–Crippen MR) is 170 cm³/mol. The van der Waals surface area contributed by atoms with E-state index in [0.717, 1.165) is 42.0 Å². The summed E-state index contributed by atoms with van der Waals surface area (Å²) in [6.45, 7) is 3.78. The second-order valence-corrected chi connectivity index (χ2v) is 13.0. The van der Waals surface area contributed by atoms with Gasteiger partial charge in [0.2, 0.25) is 11.8 Å². The zero-order chi connectivity index (χ0) is 30.8. The lowest BCUT2D eigenvalue weighted by Gasteiger charge is -2.33. The summed E-state index contributed by atoms with van der Waals surface area (Å²) in [4.78, 5) is 29.0. The first-order valence-electron chi connectivity index (χ1n) is 14.8. The largest absolute Gasteiger partial charge is 0.494 e. The average molecular weight is 626 g/mol. The Hall–Kier alpha value is -3.56. The Morgan fingerprint density at radius 1 is 0.953 bits per heavy atom. The monoisotopic (exact) mass is 625 g/mol. The minimum atomic E-state index is -4.17. The van der Waals surface area contributed by atoms with E-state index in [0.29, 0.717) is 29.5 Å². The van der Waals surface area contributed by atoms with E-state index in [9.17, 15) is 18.0 Å². The van der Waals surface area contributed by atoms with Gasteiger partial charge in [0, 0.05) is 17.6 Å². The molecule has 1 atom stereocenters. The molecule has 2 amide bonds. The fourth-order valence-corrected chi connectivity index (χ4v) is 6.82. The normalized spacial score (nSPS) is 14.5. The Bertz CT molecular complexity index is 1440. The molecule has 0 bridgehead atoms. The number of amides is 2. The topological polar surface area (TPSA) is 96.0 Å². The number of benzene rings is 3. The van der Waals surface area contributed by atoms with E-state index < -0.39 is 28.5 Å². The molecule has 0 aliphatic heterocycles. The van der Waals surface area contributed by atoms with Gasteiger partial charge in [0.1, 0.15) is 18.3 Å². The first-order chi connectivity index (χ1) is 20.7. The van der Waals surface area contributed by atoms with Crippen molar-refractivity contribution in [2.24, 2.45) is 0 Å². The number of carbonyl (C=O) groups is 2. The standard InChI is InChI=1S/C33H40ClN3O5S/c1-3-42-30-18-16-29(17-19-30)37(43(40,41)31-20-14-27(34)15-21-31)24-32(38)36(23-22-26-10-6-4-7-11-26)25(2)33(39)35-28-12-8-5-9-13-28/h4,6-7,10-11,14-21,25,28H,3,5,8-9,12-13,22-24H2,1-2H3,(H,35,39). The third-order valence-corrected chi connectivity index (χ3v) is 9.76. The van der Waals surface area contributed by atoms with Crippen molar-refractivity contribution in [1.29, 1.82) is 0 Å². The van der Waals surface area contributed by atoms with Gasteiger partial charge in [-0.25, -0.2) is 8.42 Å². The summed E-state index contributed by atoms with van der Waals surface area (Å²) >= 11 is 6.03. The SMILES string of the molecule is CCOc1ccc(N(CC(=O)N(CCc2ccccc2)C(C)C(=O)NC2CCCCC2)S(=O)(=O)c2ccc(Cl)cc2)cc1. The summed E-state index contributed by atoms with van der Waals surface area (Å²) in [6.07, 6.45) is 5.64. The molecule has 43 heavy (non-hydrogen) atoms. The molecular weight excluding hydrogens is 586 g/mol. The zero-order valence-electron chi connectivity index (χ0n) is 24.7. The fourth-order valence-electron chi connectivity index (χ4n) is 5.28. The first-order valence-corrected chi connectivity index (χ1v) is 16.7. The highest BCUT2D eigenvalue weighted by Crippen LogP contribution is 2.27. The van der Waals surface area contributed by atoms with Gasteiger partial charge in [-0.3, -0.25) is 13.9 Å². The van der Waals surface area contributed by atoms with Crippen LogP contribution in [0.5, 0.6) is 5.75 Å². The van der Waals surface area contributed by atoms with Gasteiger partial charge in [0.05, 0.1) is 17.2 Å². The predicted octanol–water partition coefficient (Wildman–Crippen LogP) is 5.84. The molecule has 0 aromatic heterocycles. The number of halogens is 1. The molecule has 3 aromatic carbocycles. The molecule has 230 valence electrons. The number of anilines is 1. The van der Waals surface area contributed by atoms with Gasteiger partial charge in [0.15, 0.2) is 0 Å². The summed E-state index contributed by atoms with van der Waals surface area (Å²) in [7, 11) is -4.17. The number of rotatable bonds is 13. The fraction of sp³-hybridized carbons (Fsp3) is 0.394. The van der Waals surface area contributed by atoms with E-state index in [4.69, 9.17) is 16.3 Å². The van der Waals surface area contributed by atoms with Crippen molar-refractivity contribution in [3.05, 3.63) is 89.4 Å². The van der Waals surface area contributed by atoms with E-state index in [1.165, 1.54) is 29.2 Å².